The molecule has 4 nitrogen and oxygen atoms in total. The number of benzene rings is 1. The van der Waals surface area contributed by atoms with Crippen molar-refractivity contribution >= 4 is 23.0 Å². The fraction of sp³-hybridized carbons (Fsp3) is 0.125. The van der Waals surface area contributed by atoms with Gasteiger partial charge in [-0.25, -0.2) is 4.98 Å². The molecule has 0 bridgehead atoms. The Bertz CT molecular complexity index is 1050. The number of methoxy groups -OCH3 is 1. The molecule has 2 N–H and O–H groups in total. The predicted molar refractivity (Wildman–Crippen MR) is 122 cm³/mol. The lowest BCUT2D eigenvalue weighted by molar-refractivity contribution is 0.234. The van der Waals surface area contributed by atoms with Crippen LogP contribution in [0, 0.1) is 0 Å². The van der Waals surface area contributed by atoms with Crippen molar-refractivity contribution in [1.82, 2.24) is 9.55 Å². The maximum absolute atomic E-state index is 6.50. The van der Waals surface area contributed by atoms with Crippen LogP contribution in [0.25, 0.3) is 16.8 Å². The molecular weight excluding hydrogens is 382 g/mol. The molecule has 3 aromatic rings. The average Bonchev–Trinajstić information content (AvgIpc) is 3.11. The van der Waals surface area contributed by atoms with Crippen molar-refractivity contribution in [2.45, 2.75) is 6.54 Å². The Hall–Kier alpha value is -3.08. The molecule has 2 aromatic heterocycles. The summed E-state index contributed by atoms with van der Waals surface area (Å²) in [4.78, 5) is 4.47. The smallest absolute Gasteiger partial charge is 0.123 e. The minimum Gasteiger partial charge on any atom is -0.384 e. The first-order valence-electron chi connectivity index (χ1n) is 9.28. The number of halogens is 1. The Morgan fingerprint density at radius 3 is 2.72 bits per heavy atom. The molecule has 0 spiro atoms. The number of rotatable bonds is 8. The number of hydrogen-bond donors (Lipinski definition) is 1. The van der Waals surface area contributed by atoms with Crippen molar-refractivity contribution in [3.63, 3.8) is 0 Å². The molecule has 0 saturated carbocycles. The molecule has 2 heterocycles. The Morgan fingerprint density at radius 1 is 1.17 bits per heavy atom. The largest absolute Gasteiger partial charge is 0.384 e. The number of anilines is 1. The van der Waals surface area contributed by atoms with Gasteiger partial charge in [-0.15, -0.1) is 0 Å². The van der Waals surface area contributed by atoms with Gasteiger partial charge in [0.05, 0.1) is 24.5 Å². The summed E-state index contributed by atoms with van der Waals surface area (Å²) in [7, 11) is 1.67. The Kier molecular flexibility index (Phi) is 7.06. The van der Waals surface area contributed by atoms with Gasteiger partial charge < -0.3 is 15.0 Å². The second-order valence-corrected chi connectivity index (χ2v) is 6.85. The first kappa shape index (κ1) is 20.6. The molecule has 5 heteroatoms. The fourth-order valence-corrected chi connectivity index (χ4v) is 3.40. The number of aromatic nitrogens is 2. The van der Waals surface area contributed by atoms with Gasteiger partial charge in [-0.05, 0) is 35.9 Å². The van der Waals surface area contributed by atoms with Crippen LogP contribution in [-0.4, -0.2) is 23.3 Å². The van der Waals surface area contributed by atoms with Gasteiger partial charge in [0.15, 0.2) is 0 Å². The van der Waals surface area contributed by atoms with E-state index in [1.54, 1.807) is 19.3 Å². The number of hydrogen-bond acceptors (Lipinski definition) is 3. The third-order valence-electron chi connectivity index (χ3n) is 4.43. The summed E-state index contributed by atoms with van der Waals surface area (Å²) >= 11 is 6.50. The normalized spacial score (nSPS) is 11.9. The van der Waals surface area contributed by atoms with Crippen LogP contribution in [-0.2, 0) is 11.3 Å². The third kappa shape index (κ3) is 5.05. The van der Waals surface area contributed by atoms with E-state index in [2.05, 4.69) is 28.3 Å². The zero-order chi connectivity index (χ0) is 20.6. The summed E-state index contributed by atoms with van der Waals surface area (Å²) in [6.45, 7) is 4.94. The summed E-state index contributed by atoms with van der Waals surface area (Å²) in [5.74, 6) is 0.498. The molecule has 148 valence electrons. The van der Waals surface area contributed by atoms with E-state index in [9.17, 15) is 0 Å². The molecule has 3 rings (SSSR count). The van der Waals surface area contributed by atoms with Crippen molar-refractivity contribution in [3.8, 4) is 11.3 Å². The summed E-state index contributed by atoms with van der Waals surface area (Å²) in [6, 6.07) is 17.6. The van der Waals surface area contributed by atoms with Crippen molar-refractivity contribution in [3.05, 3.63) is 102 Å². The zero-order valence-corrected chi connectivity index (χ0v) is 17.1. The first-order valence-corrected chi connectivity index (χ1v) is 9.66. The van der Waals surface area contributed by atoms with E-state index in [-0.39, 0.29) is 0 Å². The fourth-order valence-electron chi connectivity index (χ4n) is 3.17. The predicted octanol–water partition coefficient (Wildman–Crippen LogP) is 5.61. The lowest BCUT2D eigenvalue weighted by Crippen LogP contribution is -2.08. The average molecular weight is 406 g/mol. The van der Waals surface area contributed by atoms with Crippen LogP contribution >= 0.6 is 11.6 Å². The maximum atomic E-state index is 6.50. The summed E-state index contributed by atoms with van der Waals surface area (Å²) in [5.41, 5.74) is 10.8. The monoisotopic (exact) mass is 405 g/mol. The van der Waals surface area contributed by atoms with Gasteiger partial charge in [0.1, 0.15) is 5.82 Å². The molecule has 0 radical (unpaired) electrons. The van der Waals surface area contributed by atoms with Gasteiger partial charge in [0.2, 0.25) is 0 Å². The molecule has 0 saturated heterocycles. The minimum absolute atomic E-state index is 0.498. The number of nitrogen functional groups attached to an aromatic ring is 1. The first-order chi connectivity index (χ1) is 14.1. The summed E-state index contributed by atoms with van der Waals surface area (Å²) in [5, 5.41) is 0.697. The van der Waals surface area contributed by atoms with Gasteiger partial charge in [0.25, 0.3) is 0 Å². The summed E-state index contributed by atoms with van der Waals surface area (Å²) < 4.78 is 7.34. The van der Waals surface area contributed by atoms with Crippen LogP contribution in [0.3, 0.4) is 0 Å². The van der Waals surface area contributed by atoms with E-state index in [1.165, 1.54) is 0 Å². The van der Waals surface area contributed by atoms with Crippen molar-refractivity contribution in [2.24, 2.45) is 0 Å². The summed E-state index contributed by atoms with van der Waals surface area (Å²) in [6.07, 6.45) is 7.75. The SMILES string of the molecule is C=C/C=C(\C=C/COC)c1ccc(-c2ccccc2Cl)n1Cc1cccc(N)n1. The third-order valence-corrected chi connectivity index (χ3v) is 4.76. The van der Waals surface area contributed by atoms with Gasteiger partial charge in [-0.3, -0.25) is 0 Å². The van der Waals surface area contributed by atoms with E-state index in [1.807, 2.05) is 54.6 Å². The maximum Gasteiger partial charge on any atom is 0.123 e. The highest BCUT2D eigenvalue weighted by atomic mass is 35.5. The van der Waals surface area contributed by atoms with Gasteiger partial charge in [0, 0.05) is 23.4 Å². The highest BCUT2D eigenvalue weighted by Crippen LogP contribution is 2.32. The lowest BCUT2D eigenvalue weighted by atomic mass is 10.1. The van der Waals surface area contributed by atoms with Crippen molar-refractivity contribution in [2.75, 3.05) is 19.5 Å². The number of nitrogens with two attached hydrogens (primary N) is 1. The van der Waals surface area contributed by atoms with Gasteiger partial charge >= 0.3 is 0 Å². The molecule has 0 aliphatic carbocycles. The van der Waals surface area contributed by atoms with E-state index >= 15 is 0 Å². The topological polar surface area (TPSA) is 53.1 Å². The van der Waals surface area contributed by atoms with Crippen LogP contribution in [0.2, 0.25) is 5.02 Å². The van der Waals surface area contributed by atoms with Crippen LogP contribution in [0.15, 0.2) is 85.5 Å². The van der Waals surface area contributed by atoms with Gasteiger partial charge in [-0.1, -0.05) is 66.7 Å². The second kappa shape index (κ2) is 9.92. The van der Waals surface area contributed by atoms with E-state index in [0.717, 1.165) is 28.2 Å². The van der Waals surface area contributed by atoms with Crippen LogP contribution in [0.1, 0.15) is 11.4 Å². The quantitative estimate of drug-likeness (QED) is 0.496. The van der Waals surface area contributed by atoms with Crippen molar-refractivity contribution < 1.29 is 4.74 Å². The van der Waals surface area contributed by atoms with Crippen molar-refractivity contribution in [1.29, 1.82) is 0 Å². The minimum atomic E-state index is 0.498. The highest BCUT2D eigenvalue weighted by Gasteiger charge is 2.15. The molecule has 0 aliphatic rings. The number of ether oxygens (including phenoxy) is 1. The standard InChI is InChI=1S/C24H24ClN3O/c1-3-8-18(9-7-16-29-2)22-14-15-23(20-11-4-5-12-21(20)25)28(22)17-19-10-6-13-24(26)27-19/h3-15H,1,16-17H2,2H3,(H2,26,27)/b9-7-,18-8+. The number of allylic oxidation sites excluding steroid dienone is 4. The molecule has 1 aromatic carbocycles. The number of nitrogens with zero attached hydrogens (tertiary/aromatic N) is 2. The van der Waals surface area contributed by atoms with Crippen LogP contribution in [0.4, 0.5) is 5.82 Å². The van der Waals surface area contributed by atoms with Crippen LogP contribution in [0.5, 0.6) is 0 Å². The van der Waals surface area contributed by atoms with E-state index in [0.29, 0.717) is 24.0 Å². The van der Waals surface area contributed by atoms with E-state index < -0.39 is 0 Å². The van der Waals surface area contributed by atoms with Gasteiger partial charge in [-0.2, -0.15) is 0 Å². The Labute approximate surface area is 176 Å². The molecule has 29 heavy (non-hydrogen) atoms. The number of pyridine rings is 1. The highest BCUT2D eigenvalue weighted by molar-refractivity contribution is 6.33. The Balaban J connectivity index is 2.14. The Morgan fingerprint density at radius 2 is 2.00 bits per heavy atom. The molecule has 0 unspecified atom stereocenters. The lowest BCUT2D eigenvalue weighted by Gasteiger charge is -2.15. The van der Waals surface area contributed by atoms with E-state index in [4.69, 9.17) is 22.1 Å². The molecule has 0 aliphatic heterocycles. The van der Waals surface area contributed by atoms with Crippen LogP contribution < -0.4 is 5.73 Å². The molecule has 0 fully saturated rings. The molecule has 0 amide bonds. The second-order valence-electron chi connectivity index (χ2n) is 6.44. The molecular formula is C24H24ClN3O. The molecule has 0 atom stereocenters. The zero-order valence-electron chi connectivity index (χ0n) is 16.4.